The van der Waals surface area contributed by atoms with E-state index in [4.69, 9.17) is 9.47 Å². The highest BCUT2D eigenvalue weighted by molar-refractivity contribution is 4.94. The average molecular weight is 625 g/mol. The Morgan fingerprint density at radius 1 is 0.444 bits per heavy atom. The lowest BCUT2D eigenvalue weighted by molar-refractivity contribution is -0.192. The van der Waals surface area contributed by atoms with Gasteiger partial charge in [-0.2, -0.15) is 0 Å². The molecule has 260 valence electrons. The summed E-state index contributed by atoms with van der Waals surface area (Å²) in [5.74, 6) is 0.474. The summed E-state index contributed by atoms with van der Waals surface area (Å²) in [6, 6.07) is 0. The van der Waals surface area contributed by atoms with E-state index in [2.05, 4.69) is 69.4 Å². The molecular weight excluding hydrogens is 548 g/mol. The second-order valence-corrected chi connectivity index (χ2v) is 14.5. The molecule has 1 aliphatic carbocycles. The zero-order valence-corrected chi connectivity index (χ0v) is 30.5. The summed E-state index contributed by atoms with van der Waals surface area (Å²) in [4.78, 5) is 0. The maximum atomic E-state index is 6.74. The standard InChI is InChI=1S/C43H76O2/c1-4-6-8-10-12-14-16-18-20-22-24-26-28-30-32-34-36-43(44-41-38-40(3)39-42(41)45-43)37-35-33-31-29-27-25-23-21-19-17-15-13-11-9-7-5-2/h12-15,18-21,40-42H,4-11,16-17,22-39H2,1-3H3. The van der Waals surface area contributed by atoms with Gasteiger partial charge in [-0.25, -0.2) is 0 Å². The lowest BCUT2D eigenvalue weighted by Gasteiger charge is -2.30. The number of ether oxygens (including phenoxy) is 2. The number of rotatable bonds is 30. The molecule has 2 fully saturated rings. The Morgan fingerprint density at radius 2 is 0.778 bits per heavy atom. The maximum absolute atomic E-state index is 6.74. The molecule has 2 heteroatoms. The molecule has 0 bridgehead atoms. The van der Waals surface area contributed by atoms with Gasteiger partial charge in [0.05, 0.1) is 12.2 Å². The Hall–Kier alpha value is -1.12. The molecule has 2 nitrogen and oxygen atoms in total. The molecule has 2 rings (SSSR count). The van der Waals surface area contributed by atoms with Crippen LogP contribution in [-0.2, 0) is 9.47 Å². The van der Waals surface area contributed by atoms with E-state index in [1.54, 1.807) is 0 Å². The molecule has 1 saturated carbocycles. The van der Waals surface area contributed by atoms with E-state index in [0.717, 1.165) is 31.6 Å². The highest BCUT2D eigenvalue weighted by Gasteiger charge is 2.50. The number of hydrogen-bond acceptors (Lipinski definition) is 2. The van der Waals surface area contributed by atoms with Gasteiger partial charge in [-0.1, -0.05) is 146 Å². The van der Waals surface area contributed by atoms with Crippen molar-refractivity contribution in [1.82, 2.24) is 0 Å². The fourth-order valence-electron chi connectivity index (χ4n) is 7.15. The molecule has 0 amide bonds. The molecule has 1 heterocycles. The van der Waals surface area contributed by atoms with Gasteiger partial charge in [-0.3, -0.25) is 0 Å². The van der Waals surface area contributed by atoms with Crippen LogP contribution in [0.25, 0.3) is 0 Å². The van der Waals surface area contributed by atoms with Crippen LogP contribution in [0.2, 0.25) is 0 Å². The van der Waals surface area contributed by atoms with Crippen LogP contribution in [0.1, 0.15) is 201 Å². The van der Waals surface area contributed by atoms with E-state index in [9.17, 15) is 0 Å². The van der Waals surface area contributed by atoms with Crippen molar-refractivity contribution in [3.05, 3.63) is 48.6 Å². The Kier molecular flexibility index (Phi) is 24.9. The van der Waals surface area contributed by atoms with E-state index in [-0.39, 0.29) is 5.79 Å². The quantitative estimate of drug-likeness (QED) is 0.0584. The van der Waals surface area contributed by atoms with E-state index in [0.29, 0.717) is 12.2 Å². The normalized spacial score (nSPS) is 23.6. The molecular formula is C43H76O2. The predicted octanol–water partition coefficient (Wildman–Crippen LogP) is 14.3. The molecule has 2 aliphatic rings. The lowest BCUT2D eigenvalue weighted by atomic mass is 9.98. The number of fused-ring (bicyclic) bond motifs is 1. The minimum Gasteiger partial charge on any atom is -0.344 e. The Labute approximate surface area is 282 Å². The first kappa shape index (κ1) is 40.1. The molecule has 0 spiro atoms. The van der Waals surface area contributed by atoms with Crippen LogP contribution in [0.15, 0.2) is 48.6 Å². The fourth-order valence-corrected chi connectivity index (χ4v) is 7.15. The van der Waals surface area contributed by atoms with Crippen LogP contribution in [0.4, 0.5) is 0 Å². The minimum absolute atomic E-state index is 0.278. The third kappa shape index (κ3) is 20.7. The Balaban J connectivity index is 1.50. The van der Waals surface area contributed by atoms with Crippen molar-refractivity contribution >= 4 is 0 Å². The van der Waals surface area contributed by atoms with Crippen molar-refractivity contribution in [2.75, 3.05) is 0 Å². The molecule has 0 aromatic rings. The van der Waals surface area contributed by atoms with Gasteiger partial charge in [0.25, 0.3) is 0 Å². The zero-order valence-electron chi connectivity index (χ0n) is 30.5. The van der Waals surface area contributed by atoms with Crippen LogP contribution < -0.4 is 0 Å². The van der Waals surface area contributed by atoms with Gasteiger partial charge in [0.15, 0.2) is 5.79 Å². The van der Waals surface area contributed by atoms with Gasteiger partial charge in [0.1, 0.15) is 0 Å². The first-order chi connectivity index (χ1) is 22.2. The van der Waals surface area contributed by atoms with E-state index in [1.807, 2.05) is 0 Å². The molecule has 2 atom stereocenters. The van der Waals surface area contributed by atoms with Crippen LogP contribution in [0.5, 0.6) is 0 Å². The van der Waals surface area contributed by atoms with Crippen molar-refractivity contribution in [1.29, 1.82) is 0 Å². The molecule has 1 aliphatic heterocycles. The topological polar surface area (TPSA) is 18.5 Å². The van der Waals surface area contributed by atoms with Crippen molar-refractivity contribution in [2.24, 2.45) is 5.92 Å². The van der Waals surface area contributed by atoms with Gasteiger partial charge in [0, 0.05) is 12.8 Å². The van der Waals surface area contributed by atoms with Crippen LogP contribution in [0.3, 0.4) is 0 Å². The first-order valence-electron chi connectivity index (χ1n) is 20.1. The van der Waals surface area contributed by atoms with Crippen LogP contribution in [-0.4, -0.2) is 18.0 Å². The molecule has 2 unspecified atom stereocenters. The molecule has 0 radical (unpaired) electrons. The summed E-state index contributed by atoms with van der Waals surface area (Å²) < 4.78 is 13.5. The zero-order chi connectivity index (χ0) is 32.1. The Bertz CT molecular complexity index is 713. The van der Waals surface area contributed by atoms with Crippen molar-refractivity contribution < 1.29 is 9.47 Å². The van der Waals surface area contributed by atoms with Gasteiger partial charge in [0.2, 0.25) is 0 Å². The summed E-state index contributed by atoms with van der Waals surface area (Å²) in [5, 5.41) is 0. The average Bonchev–Trinajstić information content (AvgIpc) is 3.54. The SMILES string of the molecule is CCCCCC=CCC=CCCCCCCCCC1(CCCCCCCCC=CCC=CCCCCC)OC2CC(C)CC2O1. The van der Waals surface area contributed by atoms with Gasteiger partial charge >= 0.3 is 0 Å². The molecule has 0 aromatic carbocycles. The van der Waals surface area contributed by atoms with Crippen LogP contribution in [0, 0.1) is 5.92 Å². The molecule has 45 heavy (non-hydrogen) atoms. The first-order valence-corrected chi connectivity index (χ1v) is 20.1. The Morgan fingerprint density at radius 3 is 1.16 bits per heavy atom. The number of unbranched alkanes of at least 4 members (excludes halogenated alkanes) is 18. The van der Waals surface area contributed by atoms with E-state index >= 15 is 0 Å². The van der Waals surface area contributed by atoms with Crippen molar-refractivity contribution in [2.45, 2.75) is 219 Å². The summed E-state index contributed by atoms with van der Waals surface area (Å²) in [6.45, 7) is 6.90. The van der Waals surface area contributed by atoms with Crippen LogP contribution >= 0.6 is 0 Å². The number of hydrogen-bond donors (Lipinski definition) is 0. The highest BCUT2D eigenvalue weighted by atomic mass is 16.8. The lowest BCUT2D eigenvalue weighted by Crippen LogP contribution is -2.32. The second-order valence-electron chi connectivity index (χ2n) is 14.5. The number of allylic oxidation sites excluding steroid dienone is 8. The maximum Gasteiger partial charge on any atom is 0.169 e. The largest absolute Gasteiger partial charge is 0.344 e. The third-order valence-electron chi connectivity index (χ3n) is 9.93. The monoisotopic (exact) mass is 625 g/mol. The summed E-state index contributed by atoms with van der Waals surface area (Å²) in [7, 11) is 0. The third-order valence-corrected chi connectivity index (χ3v) is 9.93. The van der Waals surface area contributed by atoms with Crippen molar-refractivity contribution in [3.8, 4) is 0 Å². The summed E-state index contributed by atoms with van der Waals surface area (Å²) in [5.41, 5.74) is 0. The minimum atomic E-state index is -0.278. The summed E-state index contributed by atoms with van der Waals surface area (Å²) >= 11 is 0. The van der Waals surface area contributed by atoms with Crippen molar-refractivity contribution in [3.63, 3.8) is 0 Å². The van der Waals surface area contributed by atoms with Gasteiger partial charge in [-0.15, -0.1) is 0 Å². The summed E-state index contributed by atoms with van der Waals surface area (Å²) in [6.07, 6.45) is 55.4. The smallest absolute Gasteiger partial charge is 0.169 e. The van der Waals surface area contributed by atoms with Gasteiger partial charge in [-0.05, 0) is 95.8 Å². The molecule has 0 aromatic heterocycles. The highest BCUT2D eigenvalue weighted by Crippen LogP contribution is 2.45. The van der Waals surface area contributed by atoms with E-state index < -0.39 is 0 Å². The molecule has 0 N–H and O–H groups in total. The van der Waals surface area contributed by atoms with Gasteiger partial charge < -0.3 is 9.47 Å². The van der Waals surface area contributed by atoms with E-state index in [1.165, 1.54) is 154 Å². The fraction of sp³-hybridized carbons (Fsp3) is 0.814. The predicted molar refractivity (Wildman–Crippen MR) is 199 cm³/mol. The molecule has 1 saturated heterocycles. The second kappa shape index (κ2) is 27.9.